The van der Waals surface area contributed by atoms with Gasteiger partial charge in [0, 0.05) is 44.9 Å². The topological polar surface area (TPSA) is 54.6 Å². The lowest BCUT2D eigenvalue weighted by molar-refractivity contribution is 0.0468. The van der Waals surface area contributed by atoms with E-state index in [1.165, 1.54) is 25.0 Å². The quantitative estimate of drug-likeness (QED) is 0.827. The molecule has 4 rings (SSSR count). The molecule has 7 heteroatoms. The fraction of sp³-hybridized carbons (Fsp3) is 0.556. The third kappa shape index (κ3) is 4.23. The van der Waals surface area contributed by atoms with Crippen LogP contribution in [0.25, 0.3) is 11.4 Å². The molecule has 134 valence electrons. The monoisotopic (exact) mass is 346 g/mol. The van der Waals surface area contributed by atoms with Crippen LogP contribution in [0.4, 0.5) is 4.39 Å². The standard InChI is InChI=1S/C18H23FN4O2/c19-15-5-3-14(4-6-15)18-20-17(25-21-18)13-23-9-7-22(8-10-23)12-16-2-1-11-24-16/h3-6,16H,1-2,7-13H2. The van der Waals surface area contributed by atoms with Crippen LogP contribution in [0.2, 0.25) is 0 Å². The van der Waals surface area contributed by atoms with Crippen LogP contribution in [0.3, 0.4) is 0 Å². The van der Waals surface area contributed by atoms with Crippen molar-refractivity contribution in [1.82, 2.24) is 19.9 Å². The van der Waals surface area contributed by atoms with Gasteiger partial charge in [-0.1, -0.05) is 5.16 Å². The molecule has 0 bridgehead atoms. The zero-order chi connectivity index (χ0) is 17.1. The number of benzene rings is 1. The fourth-order valence-electron chi connectivity index (χ4n) is 3.43. The average molecular weight is 346 g/mol. The summed E-state index contributed by atoms with van der Waals surface area (Å²) in [5.41, 5.74) is 0.762. The summed E-state index contributed by atoms with van der Waals surface area (Å²) < 4.78 is 24.1. The van der Waals surface area contributed by atoms with Crippen LogP contribution in [-0.4, -0.2) is 65.4 Å². The van der Waals surface area contributed by atoms with Gasteiger partial charge in [0.2, 0.25) is 11.7 Å². The minimum atomic E-state index is -0.270. The second-order valence-electron chi connectivity index (χ2n) is 6.73. The van der Waals surface area contributed by atoms with Crippen molar-refractivity contribution in [1.29, 1.82) is 0 Å². The summed E-state index contributed by atoms with van der Waals surface area (Å²) in [7, 11) is 0. The van der Waals surface area contributed by atoms with Crippen LogP contribution in [-0.2, 0) is 11.3 Å². The van der Waals surface area contributed by atoms with Gasteiger partial charge in [0.15, 0.2) is 0 Å². The van der Waals surface area contributed by atoms with Crippen molar-refractivity contribution in [3.63, 3.8) is 0 Å². The van der Waals surface area contributed by atoms with Crippen LogP contribution in [0.5, 0.6) is 0 Å². The molecule has 1 atom stereocenters. The Hall–Kier alpha value is -1.83. The van der Waals surface area contributed by atoms with Gasteiger partial charge in [-0.3, -0.25) is 9.80 Å². The van der Waals surface area contributed by atoms with E-state index in [1.54, 1.807) is 12.1 Å². The van der Waals surface area contributed by atoms with Gasteiger partial charge in [0.05, 0.1) is 12.6 Å². The van der Waals surface area contributed by atoms with Gasteiger partial charge < -0.3 is 9.26 Å². The number of nitrogens with zero attached hydrogens (tertiary/aromatic N) is 4. The molecule has 0 amide bonds. The van der Waals surface area contributed by atoms with Crippen molar-refractivity contribution in [2.75, 3.05) is 39.3 Å². The highest BCUT2D eigenvalue weighted by Gasteiger charge is 2.23. The van der Waals surface area contributed by atoms with Crippen LogP contribution in [0, 0.1) is 5.82 Å². The molecule has 2 saturated heterocycles. The van der Waals surface area contributed by atoms with Gasteiger partial charge in [0.1, 0.15) is 5.82 Å². The van der Waals surface area contributed by atoms with Crippen LogP contribution in [0.1, 0.15) is 18.7 Å². The highest BCUT2D eigenvalue weighted by atomic mass is 19.1. The van der Waals surface area contributed by atoms with Crippen molar-refractivity contribution in [3.05, 3.63) is 36.0 Å². The second-order valence-corrected chi connectivity index (χ2v) is 6.73. The van der Waals surface area contributed by atoms with Gasteiger partial charge in [-0.2, -0.15) is 4.98 Å². The lowest BCUT2D eigenvalue weighted by atomic mass is 10.2. The molecule has 2 aliphatic rings. The summed E-state index contributed by atoms with van der Waals surface area (Å²) in [6.45, 7) is 6.67. The minimum absolute atomic E-state index is 0.270. The Labute approximate surface area is 146 Å². The molecular formula is C18H23FN4O2. The third-order valence-corrected chi connectivity index (χ3v) is 4.88. The van der Waals surface area contributed by atoms with Gasteiger partial charge in [-0.25, -0.2) is 4.39 Å². The molecular weight excluding hydrogens is 323 g/mol. The number of rotatable bonds is 5. The maximum Gasteiger partial charge on any atom is 0.241 e. The van der Waals surface area contributed by atoms with Crippen molar-refractivity contribution in [2.45, 2.75) is 25.5 Å². The molecule has 0 aliphatic carbocycles. The van der Waals surface area contributed by atoms with E-state index in [0.29, 0.717) is 24.4 Å². The average Bonchev–Trinajstić information content (AvgIpc) is 3.29. The third-order valence-electron chi connectivity index (χ3n) is 4.88. The molecule has 0 saturated carbocycles. The Morgan fingerprint density at radius 2 is 1.84 bits per heavy atom. The molecule has 0 radical (unpaired) electrons. The molecule has 0 spiro atoms. The van der Waals surface area contributed by atoms with Crippen LogP contribution >= 0.6 is 0 Å². The fourth-order valence-corrected chi connectivity index (χ4v) is 3.43. The molecule has 2 aromatic rings. The minimum Gasteiger partial charge on any atom is -0.377 e. The summed E-state index contributed by atoms with van der Waals surface area (Å²) in [6.07, 6.45) is 2.80. The Bertz CT molecular complexity index is 677. The number of aromatic nitrogens is 2. The van der Waals surface area contributed by atoms with Gasteiger partial charge in [0.25, 0.3) is 0 Å². The van der Waals surface area contributed by atoms with E-state index in [4.69, 9.17) is 9.26 Å². The molecule has 1 unspecified atom stereocenters. The predicted octanol–water partition coefficient (Wildman–Crippen LogP) is 2.17. The molecule has 2 aliphatic heterocycles. The maximum absolute atomic E-state index is 13.0. The Kier molecular flexibility index (Phi) is 5.05. The van der Waals surface area contributed by atoms with Gasteiger partial charge in [-0.15, -0.1) is 0 Å². The first-order valence-electron chi connectivity index (χ1n) is 8.91. The maximum atomic E-state index is 13.0. The van der Waals surface area contributed by atoms with E-state index in [-0.39, 0.29) is 5.82 Å². The lowest BCUT2D eigenvalue weighted by Gasteiger charge is -2.34. The highest BCUT2D eigenvalue weighted by molar-refractivity contribution is 5.53. The van der Waals surface area contributed by atoms with Crippen LogP contribution in [0.15, 0.2) is 28.8 Å². The van der Waals surface area contributed by atoms with E-state index in [9.17, 15) is 4.39 Å². The number of halogens is 1. The highest BCUT2D eigenvalue weighted by Crippen LogP contribution is 2.18. The number of ether oxygens (including phenoxy) is 1. The van der Waals surface area contributed by atoms with Gasteiger partial charge >= 0.3 is 0 Å². The summed E-state index contributed by atoms with van der Waals surface area (Å²) in [5, 5.41) is 4.00. The normalized spacial score (nSPS) is 22.5. The molecule has 2 fully saturated rings. The summed E-state index contributed by atoms with van der Waals surface area (Å²) in [5.74, 6) is 0.840. The smallest absolute Gasteiger partial charge is 0.241 e. The number of piperazine rings is 1. The number of hydrogen-bond donors (Lipinski definition) is 0. The van der Waals surface area contributed by atoms with Gasteiger partial charge in [-0.05, 0) is 37.1 Å². The second kappa shape index (κ2) is 7.59. The first-order chi connectivity index (χ1) is 12.3. The Morgan fingerprint density at radius 1 is 1.08 bits per heavy atom. The number of hydrogen-bond acceptors (Lipinski definition) is 6. The molecule has 25 heavy (non-hydrogen) atoms. The van der Waals surface area contributed by atoms with E-state index >= 15 is 0 Å². The molecule has 1 aromatic heterocycles. The summed E-state index contributed by atoms with van der Waals surface area (Å²) in [4.78, 5) is 9.23. The van der Waals surface area contributed by atoms with Crippen molar-refractivity contribution >= 4 is 0 Å². The van der Waals surface area contributed by atoms with Crippen molar-refractivity contribution in [2.24, 2.45) is 0 Å². The Morgan fingerprint density at radius 3 is 2.56 bits per heavy atom. The molecule has 1 aromatic carbocycles. The predicted molar refractivity (Wildman–Crippen MR) is 90.4 cm³/mol. The summed E-state index contributed by atoms with van der Waals surface area (Å²) >= 11 is 0. The lowest BCUT2D eigenvalue weighted by Crippen LogP contribution is -2.48. The molecule has 3 heterocycles. The van der Waals surface area contributed by atoms with Crippen molar-refractivity contribution in [3.8, 4) is 11.4 Å². The zero-order valence-corrected chi connectivity index (χ0v) is 14.2. The van der Waals surface area contributed by atoms with Crippen LogP contribution < -0.4 is 0 Å². The summed E-state index contributed by atoms with van der Waals surface area (Å²) in [6, 6.07) is 6.12. The van der Waals surface area contributed by atoms with Crippen molar-refractivity contribution < 1.29 is 13.7 Å². The van der Waals surface area contributed by atoms with E-state index in [0.717, 1.165) is 44.9 Å². The first-order valence-corrected chi connectivity index (χ1v) is 8.91. The first kappa shape index (κ1) is 16.6. The van der Waals surface area contributed by atoms with E-state index in [2.05, 4.69) is 19.9 Å². The van der Waals surface area contributed by atoms with E-state index in [1.807, 2.05) is 0 Å². The van der Waals surface area contributed by atoms with E-state index < -0.39 is 0 Å². The Balaban J connectivity index is 1.28. The molecule has 0 N–H and O–H groups in total. The largest absolute Gasteiger partial charge is 0.377 e. The zero-order valence-electron chi connectivity index (χ0n) is 14.2. The SMILES string of the molecule is Fc1ccc(-c2noc(CN3CCN(CC4CCCO4)CC3)n2)cc1. The molecule has 6 nitrogen and oxygen atoms in total.